The second-order valence-electron chi connectivity index (χ2n) is 4.61. The van der Waals surface area contributed by atoms with Crippen molar-refractivity contribution in [3.63, 3.8) is 0 Å². The third-order valence-corrected chi connectivity index (χ3v) is 3.89. The molecule has 1 rings (SSSR count). The maximum absolute atomic E-state index is 12.0. The van der Waals surface area contributed by atoms with Crippen LogP contribution in [0, 0.1) is 0 Å². The Hall–Kier alpha value is -0.620. The van der Waals surface area contributed by atoms with Crippen LogP contribution in [0.15, 0.2) is 0 Å². The van der Waals surface area contributed by atoms with Gasteiger partial charge in [0, 0.05) is 31.8 Å². The predicted octanol–water partition coefficient (Wildman–Crippen LogP) is 0.0216. The lowest BCUT2D eigenvalue weighted by molar-refractivity contribution is -0.132. The zero-order chi connectivity index (χ0) is 12.9. The summed E-state index contributed by atoms with van der Waals surface area (Å²) < 4.78 is 22.1. The minimum Gasteiger partial charge on any atom is -0.338 e. The normalized spacial score (nSPS) is 20.5. The van der Waals surface area contributed by atoms with E-state index < -0.39 is 9.84 Å². The third-order valence-electron chi connectivity index (χ3n) is 2.95. The largest absolute Gasteiger partial charge is 0.338 e. The Bertz CT molecular complexity index is 348. The molecular formula is C11H22N2O3S. The molecule has 0 aromatic heterocycles. The average Bonchev–Trinajstić information content (AvgIpc) is 2.74. The van der Waals surface area contributed by atoms with Gasteiger partial charge in [-0.1, -0.05) is 6.92 Å². The van der Waals surface area contributed by atoms with E-state index in [0.717, 1.165) is 32.5 Å². The number of hydrogen-bond acceptors (Lipinski definition) is 4. The Morgan fingerprint density at radius 3 is 2.65 bits per heavy atom. The molecule has 1 aliphatic rings. The van der Waals surface area contributed by atoms with E-state index in [-0.39, 0.29) is 24.1 Å². The van der Waals surface area contributed by atoms with E-state index in [4.69, 9.17) is 0 Å². The lowest BCUT2D eigenvalue weighted by atomic mass is 10.2. The summed E-state index contributed by atoms with van der Waals surface area (Å²) in [5.74, 6) is -0.0855. The molecule has 0 bridgehead atoms. The molecule has 6 heteroatoms. The first-order chi connectivity index (χ1) is 7.94. The van der Waals surface area contributed by atoms with Gasteiger partial charge in [-0.3, -0.25) is 4.79 Å². The van der Waals surface area contributed by atoms with E-state index in [1.807, 2.05) is 11.8 Å². The standard InChI is InChI=1S/C11H22N2O3S/c1-3-7-13(10-4-6-12-9-10)11(14)5-8-17(2,15)16/h10,12H,3-9H2,1-2H3. The minimum absolute atomic E-state index is 0.0361. The summed E-state index contributed by atoms with van der Waals surface area (Å²) in [5, 5.41) is 3.23. The van der Waals surface area contributed by atoms with Crippen molar-refractivity contribution in [3.8, 4) is 0 Å². The van der Waals surface area contributed by atoms with Gasteiger partial charge in [-0.25, -0.2) is 8.42 Å². The van der Waals surface area contributed by atoms with E-state index in [9.17, 15) is 13.2 Å². The van der Waals surface area contributed by atoms with E-state index in [0.29, 0.717) is 0 Å². The molecule has 1 heterocycles. The first kappa shape index (κ1) is 14.4. The summed E-state index contributed by atoms with van der Waals surface area (Å²) in [6, 6.07) is 0.238. The van der Waals surface area contributed by atoms with Crippen molar-refractivity contribution >= 4 is 15.7 Å². The fourth-order valence-corrected chi connectivity index (χ4v) is 2.62. The van der Waals surface area contributed by atoms with Gasteiger partial charge < -0.3 is 10.2 Å². The summed E-state index contributed by atoms with van der Waals surface area (Å²) in [7, 11) is -3.05. The van der Waals surface area contributed by atoms with Crippen molar-refractivity contribution in [3.05, 3.63) is 0 Å². The van der Waals surface area contributed by atoms with Crippen LogP contribution in [0.2, 0.25) is 0 Å². The van der Waals surface area contributed by atoms with Crippen LogP contribution >= 0.6 is 0 Å². The second-order valence-corrected chi connectivity index (χ2v) is 6.87. The maximum atomic E-state index is 12.0. The molecular weight excluding hydrogens is 240 g/mol. The molecule has 1 aliphatic heterocycles. The summed E-state index contributed by atoms with van der Waals surface area (Å²) in [5.41, 5.74) is 0. The van der Waals surface area contributed by atoms with Gasteiger partial charge in [0.15, 0.2) is 0 Å². The van der Waals surface area contributed by atoms with Gasteiger partial charge >= 0.3 is 0 Å². The molecule has 0 aromatic carbocycles. The van der Waals surface area contributed by atoms with E-state index in [1.165, 1.54) is 6.26 Å². The molecule has 0 aromatic rings. The molecule has 17 heavy (non-hydrogen) atoms. The lowest BCUT2D eigenvalue weighted by Gasteiger charge is -2.28. The predicted molar refractivity (Wildman–Crippen MR) is 67.6 cm³/mol. The SMILES string of the molecule is CCCN(C(=O)CCS(C)(=O)=O)C1CCNC1. The van der Waals surface area contributed by atoms with E-state index >= 15 is 0 Å². The Kier molecular flexibility index (Phi) is 5.39. The minimum atomic E-state index is -3.05. The quantitative estimate of drug-likeness (QED) is 0.733. The van der Waals surface area contributed by atoms with Gasteiger partial charge in [0.05, 0.1) is 5.75 Å². The van der Waals surface area contributed by atoms with Gasteiger partial charge in [-0.05, 0) is 19.4 Å². The van der Waals surface area contributed by atoms with Crippen molar-refractivity contribution in [2.75, 3.05) is 31.6 Å². The number of carbonyl (C=O) groups excluding carboxylic acids is 1. The van der Waals surface area contributed by atoms with Crippen LogP contribution < -0.4 is 5.32 Å². The van der Waals surface area contributed by atoms with Gasteiger partial charge in [-0.2, -0.15) is 0 Å². The topological polar surface area (TPSA) is 66.5 Å². The molecule has 100 valence electrons. The number of nitrogens with one attached hydrogen (secondary N) is 1. The molecule has 1 atom stereocenters. The van der Waals surface area contributed by atoms with E-state index in [1.54, 1.807) is 0 Å². The molecule has 1 unspecified atom stereocenters. The van der Waals surface area contributed by atoms with Crippen LogP contribution in [0.1, 0.15) is 26.2 Å². The van der Waals surface area contributed by atoms with E-state index in [2.05, 4.69) is 5.32 Å². The monoisotopic (exact) mass is 262 g/mol. The molecule has 0 radical (unpaired) electrons. The third kappa shape index (κ3) is 5.04. The smallest absolute Gasteiger partial charge is 0.223 e. The number of rotatable bonds is 6. The van der Waals surface area contributed by atoms with Crippen LogP contribution in [-0.4, -0.2) is 56.9 Å². The van der Waals surface area contributed by atoms with Crippen LogP contribution in [0.5, 0.6) is 0 Å². The number of sulfone groups is 1. The molecule has 1 saturated heterocycles. The highest BCUT2D eigenvalue weighted by molar-refractivity contribution is 7.90. The van der Waals surface area contributed by atoms with Crippen LogP contribution in [-0.2, 0) is 14.6 Å². The highest BCUT2D eigenvalue weighted by atomic mass is 32.2. The average molecular weight is 262 g/mol. The van der Waals surface area contributed by atoms with Crippen molar-refractivity contribution in [2.24, 2.45) is 0 Å². The fraction of sp³-hybridized carbons (Fsp3) is 0.909. The van der Waals surface area contributed by atoms with Crippen molar-refractivity contribution in [1.82, 2.24) is 10.2 Å². The highest BCUT2D eigenvalue weighted by Crippen LogP contribution is 2.11. The Morgan fingerprint density at radius 1 is 1.47 bits per heavy atom. The van der Waals surface area contributed by atoms with Crippen molar-refractivity contribution in [1.29, 1.82) is 0 Å². The molecule has 1 fully saturated rings. The van der Waals surface area contributed by atoms with Gasteiger partial charge in [0.1, 0.15) is 9.84 Å². The van der Waals surface area contributed by atoms with Crippen LogP contribution in [0.25, 0.3) is 0 Å². The number of hydrogen-bond donors (Lipinski definition) is 1. The van der Waals surface area contributed by atoms with Crippen molar-refractivity contribution < 1.29 is 13.2 Å². The lowest BCUT2D eigenvalue weighted by Crippen LogP contribution is -2.42. The summed E-state index contributed by atoms with van der Waals surface area (Å²) >= 11 is 0. The number of carbonyl (C=O) groups is 1. The Balaban J connectivity index is 2.54. The summed E-state index contributed by atoms with van der Waals surface area (Å²) in [6.07, 6.45) is 3.14. The molecule has 0 aliphatic carbocycles. The van der Waals surface area contributed by atoms with Gasteiger partial charge in [-0.15, -0.1) is 0 Å². The molecule has 1 N–H and O–H groups in total. The highest BCUT2D eigenvalue weighted by Gasteiger charge is 2.25. The zero-order valence-corrected chi connectivity index (χ0v) is 11.4. The molecule has 0 spiro atoms. The van der Waals surface area contributed by atoms with Crippen LogP contribution in [0.4, 0.5) is 0 Å². The fourth-order valence-electron chi connectivity index (χ4n) is 2.07. The first-order valence-corrected chi connectivity index (χ1v) is 8.18. The number of nitrogens with zero attached hydrogens (tertiary/aromatic N) is 1. The maximum Gasteiger partial charge on any atom is 0.223 e. The summed E-state index contributed by atoms with van der Waals surface area (Å²) in [6.45, 7) is 4.50. The van der Waals surface area contributed by atoms with Crippen LogP contribution in [0.3, 0.4) is 0 Å². The zero-order valence-electron chi connectivity index (χ0n) is 10.6. The van der Waals surface area contributed by atoms with Gasteiger partial charge in [0.2, 0.25) is 5.91 Å². The number of amides is 1. The second kappa shape index (κ2) is 6.35. The van der Waals surface area contributed by atoms with Crippen molar-refractivity contribution in [2.45, 2.75) is 32.2 Å². The first-order valence-electron chi connectivity index (χ1n) is 6.12. The van der Waals surface area contributed by atoms with Gasteiger partial charge in [0.25, 0.3) is 0 Å². The molecule has 5 nitrogen and oxygen atoms in total. The molecule has 0 saturated carbocycles. The molecule has 1 amide bonds. The Labute approximate surface area is 103 Å². The Morgan fingerprint density at radius 2 is 2.18 bits per heavy atom. The summed E-state index contributed by atoms with van der Waals surface area (Å²) in [4.78, 5) is 13.8.